The third-order valence-electron chi connectivity index (χ3n) is 11.0. The summed E-state index contributed by atoms with van der Waals surface area (Å²) in [5, 5.41) is 39.1. The lowest BCUT2D eigenvalue weighted by atomic mass is 9.88. The third-order valence-corrected chi connectivity index (χ3v) is 11.9. The van der Waals surface area contributed by atoms with E-state index in [1.807, 2.05) is 0 Å². The lowest BCUT2D eigenvalue weighted by Gasteiger charge is -2.20. The van der Waals surface area contributed by atoms with Crippen LogP contribution < -0.4 is 0 Å². The molecule has 1 fully saturated rings. The SMILES string of the molecule is CCCCCCCC/C=C\CCCCCCCCCC(=O)OC[C@H](COP(=O)(O)OC[C@@H](O)CO)OC(=O)CCCCCC[C@H]1C(=O)C[C@@H](O)[C@@H]1/C=C/[C@@H](O)CCCCC. The lowest BCUT2D eigenvalue weighted by molar-refractivity contribution is -0.161. The number of ketones is 1. The van der Waals surface area contributed by atoms with Crippen molar-refractivity contribution in [2.75, 3.05) is 26.4 Å². The Labute approximate surface area is 361 Å². The highest BCUT2D eigenvalue weighted by molar-refractivity contribution is 7.47. The highest BCUT2D eigenvalue weighted by Crippen LogP contribution is 2.43. The van der Waals surface area contributed by atoms with Crippen LogP contribution >= 0.6 is 7.82 Å². The molecule has 13 nitrogen and oxygen atoms in total. The van der Waals surface area contributed by atoms with Crippen LogP contribution in [0.25, 0.3) is 0 Å². The number of unbranched alkanes of at least 4 members (excludes halogenated alkanes) is 18. The molecule has 5 N–H and O–H groups in total. The van der Waals surface area contributed by atoms with E-state index in [0.29, 0.717) is 32.1 Å². The topological polar surface area (TPSA) is 206 Å². The molecule has 0 saturated heterocycles. The Balaban J connectivity index is 2.41. The normalized spacial score (nSPS) is 19.5. The first kappa shape index (κ1) is 56.1. The van der Waals surface area contributed by atoms with Crippen molar-refractivity contribution in [3.8, 4) is 0 Å². The smallest absolute Gasteiger partial charge is 0.462 e. The fourth-order valence-electron chi connectivity index (χ4n) is 7.30. The summed E-state index contributed by atoms with van der Waals surface area (Å²) in [7, 11) is -4.69. The van der Waals surface area contributed by atoms with Crippen molar-refractivity contribution in [3.05, 3.63) is 24.3 Å². The first-order valence-electron chi connectivity index (χ1n) is 23.4. The molecule has 0 aromatic rings. The zero-order valence-corrected chi connectivity index (χ0v) is 38.0. The van der Waals surface area contributed by atoms with Gasteiger partial charge in [0.1, 0.15) is 18.5 Å². The number of hydrogen-bond acceptors (Lipinski definition) is 12. The number of carbonyl (C=O) groups excluding carboxylic acids is 3. The second kappa shape index (κ2) is 36.5. The first-order chi connectivity index (χ1) is 28.9. The van der Waals surface area contributed by atoms with Gasteiger partial charge in [0.2, 0.25) is 0 Å². The van der Waals surface area contributed by atoms with Gasteiger partial charge in [0, 0.05) is 31.1 Å². The van der Waals surface area contributed by atoms with Crippen molar-refractivity contribution < 1.29 is 62.8 Å². The molecule has 350 valence electrons. The summed E-state index contributed by atoms with van der Waals surface area (Å²) in [6, 6.07) is 0. The molecular formula is C46H83O13P. The van der Waals surface area contributed by atoms with Crippen molar-refractivity contribution in [1.29, 1.82) is 0 Å². The number of phosphoric acid groups is 1. The van der Waals surface area contributed by atoms with E-state index in [1.54, 1.807) is 12.2 Å². The van der Waals surface area contributed by atoms with Gasteiger partial charge < -0.3 is 34.8 Å². The molecule has 1 aliphatic carbocycles. The van der Waals surface area contributed by atoms with Gasteiger partial charge in [-0.25, -0.2) is 4.57 Å². The van der Waals surface area contributed by atoms with Crippen LogP contribution in [-0.4, -0.2) is 93.9 Å². The molecule has 0 heterocycles. The summed E-state index contributed by atoms with van der Waals surface area (Å²) < 4.78 is 32.8. The van der Waals surface area contributed by atoms with E-state index in [0.717, 1.165) is 64.2 Å². The molecule has 60 heavy (non-hydrogen) atoms. The number of phosphoric ester groups is 1. The van der Waals surface area contributed by atoms with Crippen LogP contribution in [0, 0.1) is 11.8 Å². The van der Waals surface area contributed by atoms with Gasteiger partial charge in [-0.3, -0.25) is 23.4 Å². The van der Waals surface area contributed by atoms with Crippen LogP contribution in [0.15, 0.2) is 24.3 Å². The van der Waals surface area contributed by atoms with Gasteiger partial charge in [-0.1, -0.05) is 141 Å². The number of allylic oxidation sites excluding steroid dienone is 2. The number of hydrogen-bond donors (Lipinski definition) is 5. The van der Waals surface area contributed by atoms with Crippen molar-refractivity contribution >= 4 is 25.5 Å². The number of esters is 2. The molecule has 0 aliphatic heterocycles. The molecular weight excluding hydrogens is 791 g/mol. The Kier molecular flexibility index (Phi) is 34.1. The van der Waals surface area contributed by atoms with Gasteiger partial charge in [-0.2, -0.15) is 0 Å². The highest BCUT2D eigenvalue weighted by atomic mass is 31.2. The molecule has 0 bridgehead atoms. The second-order valence-corrected chi connectivity index (χ2v) is 18.0. The molecule has 1 unspecified atom stereocenters. The number of rotatable bonds is 40. The fraction of sp³-hybridized carbons (Fsp3) is 0.848. The van der Waals surface area contributed by atoms with Crippen LogP contribution in [0.3, 0.4) is 0 Å². The van der Waals surface area contributed by atoms with Crippen LogP contribution in [0.5, 0.6) is 0 Å². The summed E-state index contributed by atoms with van der Waals surface area (Å²) in [5.41, 5.74) is 0. The molecule has 7 atom stereocenters. The Bertz CT molecular complexity index is 1210. The summed E-state index contributed by atoms with van der Waals surface area (Å²) in [4.78, 5) is 47.9. The predicted molar refractivity (Wildman–Crippen MR) is 234 cm³/mol. The van der Waals surface area contributed by atoms with E-state index in [1.165, 1.54) is 57.8 Å². The first-order valence-corrected chi connectivity index (χ1v) is 24.9. The molecule has 0 aromatic carbocycles. The largest absolute Gasteiger partial charge is 0.472 e. The van der Waals surface area contributed by atoms with Crippen LogP contribution in [0.1, 0.15) is 187 Å². The van der Waals surface area contributed by atoms with Gasteiger partial charge in [-0.15, -0.1) is 0 Å². The Morgan fingerprint density at radius 3 is 1.88 bits per heavy atom. The van der Waals surface area contributed by atoms with Gasteiger partial charge in [0.25, 0.3) is 0 Å². The molecule has 0 spiro atoms. The predicted octanol–water partition coefficient (Wildman–Crippen LogP) is 9.15. The standard InChI is InChI=1S/C46H83O13P/c1-3-5-7-8-9-10-11-12-13-14-15-16-17-18-19-20-25-29-45(52)56-36-40(37-58-60(54,55)57-35-39(49)34-47)59-46(53)30-26-22-21-24-28-41-42(44(51)33-43(41)50)32-31-38(48)27-23-6-4-2/h12-13,31-32,38-42,44,47-49,51H,3-11,14-30,33-37H2,1-2H3,(H,54,55)/b13-12-,32-31+/t38-,39-,40+,41+,42+,44+/m0/s1. The lowest BCUT2D eigenvalue weighted by Crippen LogP contribution is -2.29. The van der Waals surface area contributed by atoms with E-state index < -0.39 is 64.0 Å². The maximum Gasteiger partial charge on any atom is 0.472 e. The molecule has 1 saturated carbocycles. The minimum Gasteiger partial charge on any atom is -0.462 e. The zero-order valence-electron chi connectivity index (χ0n) is 37.1. The molecule has 0 radical (unpaired) electrons. The van der Waals surface area contributed by atoms with Crippen molar-refractivity contribution in [2.24, 2.45) is 11.8 Å². The average molecular weight is 875 g/mol. The molecule has 14 heteroatoms. The zero-order chi connectivity index (χ0) is 44.3. The van der Waals surface area contributed by atoms with Crippen LogP contribution in [-0.2, 0) is 37.5 Å². The van der Waals surface area contributed by atoms with E-state index in [-0.39, 0.29) is 43.5 Å². The molecule has 0 amide bonds. The number of aliphatic hydroxyl groups is 4. The second-order valence-electron chi connectivity index (χ2n) is 16.6. The maximum atomic E-state index is 12.8. The number of Topliss-reactive ketones (excluding diaryl/α,β-unsaturated/α-hetero) is 1. The minimum atomic E-state index is -4.69. The average Bonchev–Trinajstić information content (AvgIpc) is 3.49. The van der Waals surface area contributed by atoms with Crippen LogP contribution in [0.4, 0.5) is 0 Å². The van der Waals surface area contributed by atoms with Crippen molar-refractivity contribution in [2.45, 2.75) is 212 Å². The molecule has 1 rings (SSSR count). The summed E-state index contributed by atoms with van der Waals surface area (Å²) in [6.45, 7) is 2.01. The Hall–Kier alpha value is -1.96. The van der Waals surface area contributed by atoms with Gasteiger partial charge in [-0.05, 0) is 51.4 Å². The molecule has 0 aromatic heterocycles. The van der Waals surface area contributed by atoms with Gasteiger partial charge in [0.05, 0.1) is 32.0 Å². The number of carbonyl (C=O) groups is 3. The number of aliphatic hydroxyl groups excluding tert-OH is 4. The fourth-order valence-corrected chi connectivity index (χ4v) is 8.09. The molecule has 1 aliphatic rings. The van der Waals surface area contributed by atoms with E-state index in [4.69, 9.17) is 19.1 Å². The van der Waals surface area contributed by atoms with Gasteiger partial charge in [0.15, 0.2) is 6.10 Å². The Morgan fingerprint density at radius 2 is 1.27 bits per heavy atom. The van der Waals surface area contributed by atoms with Gasteiger partial charge >= 0.3 is 19.8 Å². The quantitative estimate of drug-likeness (QED) is 0.0169. The minimum absolute atomic E-state index is 0.0241. The summed E-state index contributed by atoms with van der Waals surface area (Å²) >= 11 is 0. The monoisotopic (exact) mass is 875 g/mol. The third kappa shape index (κ3) is 30.1. The number of ether oxygens (including phenoxy) is 2. The summed E-state index contributed by atoms with van der Waals surface area (Å²) in [5.74, 6) is -1.69. The van der Waals surface area contributed by atoms with E-state index >= 15 is 0 Å². The maximum absolute atomic E-state index is 12.8. The van der Waals surface area contributed by atoms with Crippen molar-refractivity contribution in [3.63, 3.8) is 0 Å². The van der Waals surface area contributed by atoms with Crippen LogP contribution in [0.2, 0.25) is 0 Å². The Morgan fingerprint density at radius 1 is 0.733 bits per heavy atom. The highest BCUT2D eigenvalue weighted by Gasteiger charge is 2.39. The van der Waals surface area contributed by atoms with E-state index in [2.05, 4.69) is 30.5 Å². The van der Waals surface area contributed by atoms with Crippen molar-refractivity contribution in [1.82, 2.24) is 0 Å². The van der Waals surface area contributed by atoms with E-state index in [9.17, 15) is 39.2 Å². The summed E-state index contributed by atoms with van der Waals surface area (Å²) in [6.07, 6.45) is 28.9.